The summed E-state index contributed by atoms with van der Waals surface area (Å²) in [7, 11) is 0. The summed E-state index contributed by atoms with van der Waals surface area (Å²) in [5.74, 6) is 0.419. The minimum absolute atomic E-state index is 0.208. The van der Waals surface area contributed by atoms with Gasteiger partial charge in [0.25, 0.3) is 5.91 Å². The maximum Gasteiger partial charge on any atom is 0.338 e. The van der Waals surface area contributed by atoms with Gasteiger partial charge in [0.05, 0.1) is 12.2 Å². The molecule has 0 unspecified atom stereocenters. The highest BCUT2D eigenvalue weighted by atomic mass is 16.5. The Labute approximate surface area is 153 Å². The molecule has 0 aliphatic carbocycles. The van der Waals surface area contributed by atoms with Gasteiger partial charge in [-0.15, -0.1) is 0 Å². The second kappa shape index (κ2) is 8.04. The number of benzene rings is 2. The molecule has 0 radical (unpaired) electrons. The summed E-state index contributed by atoms with van der Waals surface area (Å²) in [6.45, 7) is 5.12. The molecule has 2 aromatic rings. The number of hydrogen-bond acceptors (Lipinski definition) is 4. The summed E-state index contributed by atoms with van der Waals surface area (Å²) in [4.78, 5) is 26.2. The fourth-order valence-corrected chi connectivity index (χ4v) is 2.84. The molecule has 0 saturated carbocycles. The first-order valence-corrected chi connectivity index (χ1v) is 8.83. The Hall–Kier alpha value is -2.82. The third kappa shape index (κ3) is 4.23. The maximum atomic E-state index is 12.4. The number of fused-ring (bicyclic) bond motifs is 1. The van der Waals surface area contributed by atoms with Crippen LogP contribution in [-0.4, -0.2) is 31.6 Å². The first kappa shape index (κ1) is 18.0. The zero-order chi connectivity index (χ0) is 18.5. The molecule has 136 valence electrons. The first-order valence-electron chi connectivity index (χ1n) is 8.83. The molecule has 5 heteroatoms. The Morgan fingerprint density at radius 1 is 1.08 bits per heavy atom. The van der Waals surface area contributed by atoms with E-state index in [0.717, 1.165) is 17.7 Å². The van der Waals surface area contributed by atoms with Gasteiger partial charge in [-0.1, -0.05) is 32.0 Å². The Bertz CT molecular complexity index is 783. The van der Waals surface area contributed by atoms with E-state index >= 15 is 0 Å². The number of carbonyl (C=O) groups is 2. The Balaban J connectivity index is 1.53. The lowest BCUT2D eigenvalue weighted by Gasteiger charge is -2.17. The smallest absolute Gasteiger partial charge is 0.338 e. The van der Waals surface area contributed by atoms with Gasteiger partial charge in [-0.05, 0) is 48.2 Å². The van der Waals surface area contributed by atoms with Crippen LogP contribution >= 0.6 is 0 Å². The molecule has 2 aromatic carbocycles. The zero-order valence-electron chi connectivity index (χ0n) is 15.1. The molecule has 1 amide bonds. The van der Waals surface area contributed by atoms with Gasteiger partial charge in [-0.3, -0.25) is 4.79 Å². The molecule has 1 aliphatic heterocycles. The van der Waals surface area contributed by atoms with Gasteiger partial charge >= 0.3 is 5.97 Å². The third-order valence-electron chi connectivity index (χ3n) is 4.19. The minimum Gasteiger partial charge on any atom is -0.493 e. The van der Waals surface area contributed by atoms with Crippen molar-refractivity contribution < 1.29 is 19.1 Å². The number of amides is 1. The summed E-state index contributed by atoms with van der Waals surface area (Å²) < 4.78 is 10.8. The van der Waals surface area contributed by atoms with Crippen molar-refractivity contribution in [3.05, 3.63) is 59.7 Å². The van der Waals surface area contributed by atoms with E-state index in [0.29, 0.717) is 30.4 Å². The second-order valence-corrected chi connectivity index (χ2v) is 6.73. The van der Waals surface area contributed by atoms with Crippen molar-refractivity contribution in [2.24, 2.45) is 5.92 Å². The molecule has 0 fully saturated rings. The van der Waals surface area contributed by atoms with E-state index in [1.807, 2.05) is 24.3 Å². The molecule has 0 N–H and O–H groups in total. The van der Waals surface area contributed by atoms with E-state index in [-0.39, 0.29) is 12.5 Å². The van der Waals surface area contributed by atoms with Gasteiger partial charge in [0.1, 0.15) is 5.75 Å². The van der Waals surface area contributed by atoms with Crippen LogP contribution in [0.4, 0.5) is 5.69 Å². The van der Waals surface area contributed by atoms with E-state index in [4.69, 9.17) is 9.47 Å². The maximum absolute atomic E-state index is 12.4. The normalized spacial score (nSPS) is 12.8. The van der Waals surface area contributed by atoms with Gasteiger partial charge in [-0.25, -0.2) is 4.79 Å². The summed E-state index contributed by atoms with van der Waals surface area (Å²) in [6.07, 6.45) is 0.827. The number of nitrogens with zero attached hydrogens (tertiary/aromatic N) is 1. The summed E-state index contributed by atoms with van der Waals surface area (Å²) in [6, 6.07) is 14.5. The number of hydrogen-bond donors (Lipinski definition) is 0. The van der Waals surface area contributed by atoms with E-state index in [1.165, 1.54) is 0 Å². The van der Waals surface area contributed by atoms with E-state index in [9.17, 15) is 9.59 Å². The molecule has 5 nitrogen and oxygen atoms in total. The number of anilines is 1. The minimum atomic E-state index is -0.513. The molecule has 1 aliphatic rings. The van der Waals surface area contributed by atoms with E-state index in [2.05, 4.69) is 13.8 Å². The number of para-hydroxylation sites is 1. The number of esters is 1. The predicted molar refractivity (Wildman–Crippen MR) is 99.6 cm³/mol. The molecule has 0 aromatic heterocycles. The van der Waals surface area contributed by atoms with Crippen molar-refractivity contribution >= 4 is 17.6 Å². The summed E-state index contributed by atoms with van der Waals surface area (Å²) >= 11 is 0. The lowest BCUT2D eigenvalue weighted by atomic mass is 10.2. The summed E-state index contributed by atoms with van der Waals surface area (Å²) in [5, 5.41) is 0. The molecule has 1 heterocycles. The highest BCUT2D eigenvalue weighted by molar-refractivity contribution is 5.98. The average molecular weight is 353 g/mol. The van der Waals surface area contributed by atoms with Crippen LogP contribution in [0.25, 0.3) is 0 Å². The third-order valence-corrected chi connectivity index (χ3v) is 4.19. The van der Waals surface area contributed by atoms with Gasteiger partial charge in [0, 0.05) is 12.2 Å². The predicted octanol–water partition coefficient (Wildman–Crippen LogP) is 3.47. The molecule has 3 rings (SSSR count). The van der Waals surface area contributed by atoms with Crippen molar-refractivity contribution in [1.29, 1.82) is 0 Å². The van der Waals surface area contributed by atoms with Crippen LogP contribution in [0.2, 0.25) is 0 Å². The van der Waals surface area contributed by atoms with E-state index in [1.54, 1.807) is 29.2 Å². The fourth-order valence-electron chi connectivity index (χ4n) is 2.84. The largest absolute Gasteiger partial charge is 0.493 e. The van der Waals surface area contributed by atoms with Gasteiger partial charge in [0.15, 0.2) is 6.61 Å². The first-order chi connectivity index (χ1) is 12.5. The molecule has 0 spiro atoms. The van der Waals surface area contributed by atoms with Crippen molar-refractivity contribution in [2.75, 3.05) is 24.7 Å². The average Bonchev–Trinajstić information content (AvgIpc) is 3.09. The van der Waals surface area contributed by atoms with Crippen molar-refractivity contribution in [3.63, 3.8) is 0 Å². The molecule has 0 atom stereocenters. The van der Waals surface area contributed by atoms with Gasteiger partial charge < -0.3 is 14.4 Å². The Kier molecular flexibility index (Phi) is 5.56. The van der Waals surface area contributed by atoms with Crippen molar-refractivity contribution in [1.82, 2.24) is 0 Å². The molecular formula is C21H23NO4. The number of rotatable bonds is 6. The van der Waals surface area contributed by atoms with Crippen LogP contribution in [0.3, 0.4) is 0 Å². The highest BCUT2D eigenvalue weighted by Crippen LogP contribution is 2.27. The van der Waals surface area contributed by atoms with Crippen LogP contribution < -0.4 is 9.64 Å². The van der Waals surface area contributed by atoms with Gasteiger partial charge in [-0.2, -0.15) is 0 Å². The Morgan fingerprint density at radius 3 is 2.54 bits per heavy atom. The standard InChI is InChI=1S/C21H23NO4/c1-15(2)13-25-18-9-7-17(8-10-18)21(24)26-14-20(23)22-12-11-16-5-3-4-6-19(16)22/h3-10,15H,11-14H2,1-2H3. The van der Waals surface area contributed by atoms with Gasteiger partial charge in [0.2, 0.25) is 0 Å². The molecule has 0 saturated heterocycles. The Morgan fingerprint density at radius 2 is 1.81 bits per heavy atom. The molecule has 0 bridgehead atoms. The molecular weight excluding hydrogens is 330 g/mol. The highest BCUT2D eigenvalue weighted by Gasteiger charge is 2.25. The van der Waals surface area contributed by atoms with Crippen LogP contribution in [0.5, 0.6) is 5.75 Å². The molecule has 26 heavy (non-hydrogen) atoms. The second-order valence-electron chi connectivity index (χ2n) is 6.73. The fraction of sp³-hybridized carbons (Fsp3) is 0.333. The zero-order valence-corrected chi connectivity index (χ0v) is 15.1. The van der Waals surface area contributed by atoms with Crippen LogP contribution in [0.15, 0.2) is 48.5 Å². The summed E-state index contributed by atoms with van der Waals surface area (Å²) in [5.41, 5.74) is 2.45. The van der Waals surface area contributed by atoms with Crippen LogP contribution in [0, 0.1) is 5.92 Å². The SMILES string of the molecule is CC(C)COc1ccc(C(=O)OCC(=O)N2CCc3ccccc32)cc1. The van der Waals surface area contributed by atoms with Crippen LogP contribution in [0.1, 0.15) is 29.8 Å². The monoisotopic (exact) mass is 353 g/mol. The van der Waals surface area contributed by atoms with Crippen LogP contribution in [-0.2, 0) is 16.0 Å². The topological polar surface area (TPSA) is 55.8 Å². The lowest BCUT2D eigenvalue weighted by molar-refractivity contribution is -0.121. The number of carbonyl (C=O) groups excluding carboxylic acids is 2. The van der Waals surface area contributed by atoms with Crippen molar-refractivity contribution in [3.8, 4) is 5.75 Å². The van der Waals surface area contributed by atoms with E-state index < -0.39 is 5.97 Å². The number of ether oxygens (including phenoxy) is 2. The lowest BCUT2D eigenvalue weighted by Crippen LogP contribution is -2.33. The quantitative estimate of drug-likeness (QED) is 0.746. The van der Waals surface area contributed by atoms with Crippen molar-refractivity contribution in [2.45, 2.75) is 20.3 Å².